The number of hydrogen-bond donors (Lipinski definition) is 1. The Bertz CT molecular complexity index is 354. The van der Waals surface area contributed by atoms with E-state index in [1.807, 2.05) is 0 Å². The van der Waals surface area contributed by atoms with Gasteiger partial charge in [0.25, 0.3) is 0 Å². The molecule has 0 aliphatic rings. The van der Waals surface area contributed by atoms with E-state index in [2.05, 4.69) is 4.84 Å². The number of hydrogen-bond acceptors (Lipinski definition) is 4. The summed E-state index contributed by atoms with van der Waals surface area (Å²) in [4.78, 5) is 17.2. The number of carbonyl (C=O) groups is 1. The number of benzene rings is 1. The Kier molecular flexibility index (Phi) is 6.48. The zero-order valence-corrected chi connectivity index (χ0v) is 9.17. The molecular formula is C8H8LiNO4S. The first kappa shape index (κ1) is 14.4. The van der Waals surface area contributed by atoms with Crippen LogP contribution in [0.4, 0.5) is 0 Å². The molecule has 76 valence electrons. The molecule has 1 aromatic rings. The van der Waals surface area contributed by atoms with Crippen molar-refractivity contribution >= 4 is 17.0 Å². The third-order valence-electron chi connectivity index (χ3n) is 1.49. The van der Waals surface area contributed by atoms with Gasteiger partial charge in [-0.1, -0.05) is 4.89 Å². The van der Waals surface area contributed by atoms with Crippen LogP contribution >= 0.6 is 0 Å². The molecule has 1 rings (SSSR count). The maximum absolute atomic E-state index is 10.9. The molecule has 0 aliphatic carbocycles. The van der Waals surface area contributed by atoms with E-state index < -0.39 is 11.3 Å². The van der Waals surface area contributed by atoms with Crippen molar-refractivity contribution in [2.75, 3.05) is 0 Å². The maximum Gasteiger partial charge on any atom is 1.00 e. The van der Waals surface area contributed by atoms with Gasteiger partial charge in [0.15, 0.2) is 5.78 Å². The van der Waals surface area contributed by atoms with Gasteiger partial charge >= 0.3 is 18.9 Å². The van der Waals surface area contributed by atoms with Gasteiger partial charge in [0.1, 0.15) is 5.75 Å². The summed E-state index contributed by atoms with van der Waals surface area (Å²) in [6, 6.07) is 6.09. The summed E-state index contributed by atoms with van der Waals surface area (Å²) in [6.45, 7) is 1.45. The maximum atomic E-state index is 10.9. The van der Waals surface area contributed by atoms with Crippen LogP contribution in [0, 0.1) is 0 Å². The summed E-state index contributed by atoms with van der Waals surface area (Å²) in [7, 11) is 0. The van der Waals surface area contributed by atoms with Crippen molar-refractivity contribution < 1.29 is 37.3 Å². The molecule has 0 heterocycles. The number of Topliss-reactive ketones (excluding diaryl/α,β-unsaturated/α-hetero) is 1. The monoisotopic (exact) mass is 221 g/mol. The Balaban J connectivity index is 0.00000196. The first-order valence-electron chi connectivity index (χ1n) is 3.72. The van der Waals surface area contributed by atoms with Crippen LogP contribution in [0.2, 0.25) is 0 Å². The van der Waals surface area contributed by atoms with Crippen molar-refractivity contribution in [1.82, 2.24) is 4.89 Å². The molecule has 5 nitrogen and oxygen atoms in total. The fourth-order valence-electron chi connectivity index (χ4n) is 0.840. The van der Waals surface area contributed by atoms with E-state index in [9.17, 15) is 13.6 Å². The van der Waals surface area contributed by atoms with Gasteiger partial charge in [-0.3, -0.25) is 9.00 Å². The third-order valence-corrected chi connectivity index (χ3v) is 1.71. The number of ketones is 1. The van der Waals surface area contributed by atoms with E-state index in [1.165, 1.54) is 19.1 Å². The van der Waals surface area contributed by atoms with Crippen LogP contribution in [0.1, 0.15) is 17.3 Å². The molecule has 7 heteroatoms. The standard InChI is InChI=1S/C8H9NO4S.Li/c1-6(10)7-2-4-8(5-3-7)13-9-14(11)12;/h2-5,9H,1H3,(H,11,12);/q;+1/p-1. The minimum absolute atomic E-state index is 0. The van der Waals surface area contributed by atoms with Crippen molar-refractivity contribution in [3.63, 3.8) is 0 Å². The second kappa shape index (κ2) is 6.77. The van der Waals surface area contributed by atoms with Gasteiger partial charge < -0.3 is 9.39 Å². The molecular weight excluding hydrogens is 213 g/mol. The van der Waals surface area contributed by atoms with Crippen LogP contribution in [0.25, 0.3) is 0 Å². The molecule has 0 bridgehead atoms. The third kappa shape index (κ3) is 5.11. The molecule has 1 aromatic carbocycles. The van der Waals surface area contributed by atoms with E-state index in [0.717, 1.165) is 0 Å². The van der Waals surface area contributed by atoms with Crippen molar-refractivity contribution in [3.8, 4) is 5.75 Å². The predicted molar refractivity (Wildman–Crippen MR) is 49.1 cm³/mol. The molecule has 0 spiro atoms. The molecule has 0 saturated carbocycles. The molecule has 15 heavy (non-hydrogen) atoms. The molecule has 1 atom stereocenters. The summed E-state index contributed by atoms with van der Waals surface area (Å²) in [6.07, 6.45) is 0. The van der Waals surface area contributed by atoms with E-state index in [4.69, 9.17) is 0 Å². The van der Waals surface area contributed by atoms with Gasteiger partial charge in [-0.15, -0.1) is 0 Å². The van der Waals surface area contributed by atoms with E-state index in [1.54, 1.807) is 17.0 Å². The van der Waals surface area contributed by atoms with Crippen LogP contribution in [0.3, 0.4) is 0 Å². The second-order valence-electron chi connectivity index (χ2n) is 2.50. The van der Waals surface area contributed by atoms with Crippen molar-refractivity contribution in [3.05, 3.63) is 29.8 Å². The van der Waals surface area contributed by atoms with Crippen molar-refractivity contribution in [1.29, 1.82) is 0 Å². The minimum atomic E-state index is -2.47. The minimum Gasteiger partial charge on any atom is -0.758 e. The normalized spacial score (nSPS) is 11.3. The Morgan fingerprint density at radius 2 is 1.93 bits per heavy atom. The Morgan fingerprint density at radius 3 is 2.33 bits per heavy atom. The second-order valence-corrected chi connectivity index (χ2v) is 3.14. The van der Waals surface area contributed by atoms with Gasteiger partial charge in [0.05, 0.1) is 11.3 Å². The first-order chi connectivity index (χ1) is 6.59. The van der Waals surface area contributed by atoms with Crippen LogP contribution in [0.5, 0.6) is 5.75 Å². The molecule has 0 fully saturated rings. The smallest absolute Gasteiger partial charge is 0.758 e. The van der Waals surface area contributed by atoms with Gasteiger partial charge in [0.2, 0.25) is 0 Å². The Labute approximate surface area is 102 Å². The van der Waals surface area contributed by atoms with E-state index >= 15 is 0 Å². The fourth-order valence-corrected chi connectivity index (χ4v) is 1.00. The number of nitrogens with one attached hydrogen (secondary N) is 1. The van der Waals surface area contributed by atoms with E-state index in [-0.39, 0.29) is 24.6 Å². The predicted octanol–water partition coefficient (Wildman–Crippen LogP) is -2.43. The molecule has 0 amide bonds. The molecule has 1 unspecified atom stereocenters. The van der Waals surface area contributed by atoms with Crippen LogP contribution < -0.4 is 28.6 Å². The zero-order valence-electron chi connectivity index (χ0n) is 8.35. The molecule has 0 radical (unpaired) electrons. The summed E-state index contributed by atoms with van der Waals surface area (Å²) in [5.41, 5.74) is 0.542. The number of rotatable bonds is 4. The van der Waals surface area contributed by atoms with Gasteiger partial charge in [-0.2, -0.15) is 0 Å². The summed E-state index contributed by atoms with van der Waals surface area (Å²) >= 11 is -2.47. The molecule has 0 aromatic heterocycles. The summed E-state index contributed by atoms with van der Waals surface area (Å²) in [5, 5.41) is 0. The van der Waals surface area contributed by atoms with Crippen molar-refractivity contribution in [2.45, 2.75) is 6.92 Å². The average Bonchev–Trinajstić information content (AvgIpc) is 2.15. The van der Waals surface area contributed by atoms with Crippen LogP contribution in [0.15, 0.2) is 24.3 Å². The van der Waals surface area contributed by atoms with Gasteiger partial charge in [-0.05, 0) is 31.2 Å². The van der Waals surface area contributed by atoms with Crippen LogP contribution in [-0.2, 0) is 11.3 Å². The Morgan fingerprint density at radius 1 is 1.40 bits per heavy atom. The molecule has 0 aliphatic heterocycles. The van der Waals surface area contributed by atoms with Gasteiger partial charge in [-0.25, -0.2) is 0 Å². The van der Waals surface area contributed by atoms with Crippen LogP contribution in [-0.4, -0.2) is 14.5 Å². The topological polar surface area (TPSA) is 78.5 Å². The quantitative estimate of drug-likeness (QED) is 0.265. The average molecular weight is 221 g/mol. The molecule has 0 saturated heterocycles. The Hall–Kier alpha value is -0.643. The summed E-state index contributed by atoms with van der Waals surface area (Å²) < 4.78 is 20.1. The molecule has 1 N–H and O–H groups in total. The van der Waals surface area contributed by atoms with Gasteiger partial charge in [0, 0.05) is 5.56 Å². The first-order valence-corrected chi connectivity index (χ1v) is 4.80. The largest absolute Gasteiger partial charge is 1.00 e. The van der Waals surface area contributed by atoms with E-state index in [0.29, 0.717) is 11.3 Å². The zero-order chi connectivity index (χ0) is 10.6. The number of carbonyl (C=O) groups excluding carboxylic acids is 1. The SMILES string of the molecule is CC(=O)c1ccc(ONS(=O)[O-])cc1.[Li+]. The summed E-state index contributed by atoms with van der Waals surface area (Å²) in [5.74, 6) is 0.260. The fraction of sp³-hybridized carbons (Fsp3) is 0.125. The van der Waals surface area contributed by atoms with Crippen molar-refractivity contribution in [2.24, 2.45) is 0 Å².